The van der Waals surface area contributed by atoms with Crippen LogP contribution in [0.15, 0.2) is 17.2 Å². The van der Waals surface area contributed by atoms with E-state index in [2.05, 4.69) is 10.0 Å². The van der Waals surface area contributed by atoms with Crippen molar-refractivity contribution in [2.45, 2.75) is 12.5 Å². The Kier molecular flexibility index (Phi) is 3.97. The summed E-state index contributed by atoms with van der Waals surface area (Å²) in [5.41, 5.74) is 12.6. The van der Waals surface area contributed by atoms with Gasteiger partial charge in [-0.1, -0.05) is 5.11 Å². The average Bonchev–Trinajstić information content (AvgIpc) is 2.23. The first-order valence-electron chi connectivity index (χ1n) is 4.47. The molecule has 8 heteroatoms. The molecule has 0 aromatic heterocycles. The lowest BCUT2D eigenvalue weighted by Gasteiger charge is -2.07. The third-order valence-corrected chi connectivity index (χ3v) is 1.99. The van der Waals surface area contributed by atoms with E-state index in [-0.39, 0.29) is 12.0 Å². The van der Waals surface area contributed by atoms with Crippen molar-refractivity contribution >= 4 is 11.7 Å². The standard InChI is InChI=1S/C9H8F2N4O2/c10-5-1-4(3-7(12)9(16)17)2-6(11)8(5)14-15-13/h1-2,7H,3,12H2,(H,16,17)/t7-/m0/s1. The molecule has 3 N–H and O–H groups in total. The van der Waals surface area contributed by atoms with Gasteiger partial charge in [-0.05, 0) is 29.6 Å². The van der Waals surface area contributed by atoms with Crippen LogP contribution in [0.1, 0.15) is 5.56 Å². The minimum atomic E-state index is -1.27. The van der Waals surface area contributed by atoms with E-state index in [1.165, 1.54) is 0 Å². The third-order valence-electron chi connectivity index (χ3n) is 1.99. The molecule has 1 rings (SSSR count). The van der Waals surface area contributed by atoms with Gasteiger partial charge in [0.2, 0.25) is 0 Å². The summed E-state index contributed by atoms with van der Waals surface area (Å²) in [6.45, 7) is 0. The summed E-state index contributed by atoms with van der Waals surface area (Å²) in [4.78, 5) is 12.7. The molecule has 0 spiro atoms. The molecule has 0 amide bonds. The molecule has 0 bridgehead atoms. The van der Waals surface area contributed by atoms with E-state index in [0.29, 0.717) is 0 Å². The van der Waals surface area contributed by atoms with Crippen molar-refractivity contribution in [3.8, 4) is 0 Å². The van der Waals surface area contributed by atoms with Crippen molar-refractivity contribution in [1.29, 1.82) is 0 Å². The van der Waals surface area contributed by atoms with Gasteiger partial charge in [0.25, 0.3) is 0 Å². The second-order valence-electron chi connectivity index (χ2n) is 3.25. The molecule has 0 radical (unpaired) electrons. The maximum Gasteiger partial charge on any atom is 0.320 e. The van der Waals surface area contributed by atoms with E-state index < -0.39 is 29.3 Å². The zero-order chi connectivity index (χ0) is 13.0. The van der Waals surface area contributed by atoms with E-state index in [1.54, 1.807) is 0 Å². The Morgan fingerprint density at radius 2 is 2.06 bits per heavy atom. The van der Waals surface area contributed by atoms with E-state index in [0.717, 1.165) is 12.1 Å². The normalized spacial score (nSPS) is 11.7. The fourth-order valence-corrected chi connectivity index (χ4v) is 1.22. The summed E-state index contributed by atoms with van der Waals surface area (Å²) >= 11 is 0. The summed E-state index contributed by atoms with van der Waals surface area (Å²) in [6.07, 6.45) is -0.222. The number of aliphatic carboxylic acids is 1. The van der Waals surface area contributed by atoms with Crippen LogP contribution in [-0.4, -0.2) is 17.1 Å². The smallest absolute Gasteiger partial charge is 0.320 e. The monoisotopic (exact) mass is 242 g/mol. The number of carboxylic acid groups (broad SMARTS) is 1. The van der Waals surface area contributed by atoms with Crippen LogP contribution >= 0.6 is 0 Å². The quantitative estimate of drug-likeness (QED) is 0.477. The highest BCUT2D eigenvalue weighted by atomic mass is 19.1. The zero-order valence-corrected chi connectivity index (χ0v) is 8.47. The Hall–Kier alpha value is -2.18. The van der Waals surface area contributed by atoms with Gasteiger partial charge in [0.15, 0.2) is 0 Å². The average molecular weight is 242 g/mol. The van der Waals surface area contributed by atoms with Crippen LogP contribution in [0.3, 0.4) is 0 Å². The molecule has 0 unspecified atom stereocenters. The summed E-state index contributed by atoms with van der Waals surface area (Å²) in [5.74, 6) is -3.39. The Morgan fingerprint density at radius 1 is 1.53 bits per heavy atom. The molecule has 6 nitrogen and oxygen atoms in total. The lowest BCUT2D eigenvalue weighted by molar-refractivity contribution is -0.138. The van der Waals surface area contributed by atoms with Crippen LogP contribution in [0.25, 0.3) is 10.4 Å². The number of nitrogens with two attached hydrogens (primary N) is 1. The highest BCUT2D eigenvalue weighted by Gasteiger charge is 2.15. The number of halogens is 2. The van der Waals surface area contributed by atoms with Gasteiger partial charge in [-0.2, -0.15) is 0 Å². The lowest BCUT2D eigenvalue weighted by atomic mass is 10.1. The Morgan fingerprint density at radius 3 is 2.47 bits per heavy atom. The largest absolute Gasteiger partial charge is 0.480 e. The molecule has 0 aliphatic rings. The molecule has 1 aromatic rings. The summed E-state index contributed by atoms with van der Waals surface area (Å²) < 4.78 is 26.5. The topological polar surface area (TPSA) is 112 Å². The molecule has 1 aromatic carbocycles. The first kappa shape index (κ1) is 12.9. The predicted octanol–water partition coefficient (Wildman–Crippen LogP) is 1.86. The highest BCUT2D eigenvalue weighted by molar-refractivity contribution is 5.73. The van der Waals surface area contributed by atoms with Crippen LogP contribution in [0.2, 0.25) is 0 Å². The summed E-state index contributed by atoms with van der Waals surface area (Å²) in [5, 5.41) is 11.4. The Balaban J connectivity index is 3.06. The number of rotatable bonds is 4. The predicted molar refractivity (Wildman–Crippen MR) is 54.5 cm³/mol. The molecule has 17 heavy (non-hydrogen) atoms. The van der Waals surface area contributed by atoms with Gasteiger partial charge in [0, 0.05) is 4.91 Å². The van der Waals surface area contributed by atoms with Crippen LogP contribution < -0.4 is 5.73 Å². The maximum absolute atomic E-state index is 13.3. The molecule has 0 heterocycles. The summed E-state index contributed by atoms with van der Waals surface area (Å²) in [7, 11) is 0. The van der Waals surface area contributed by atoms with Crippen LogP contribution in [-0.2, 0) is 11.2 Å². The molecule has 1 atom stereocenters. The van der Waals surface area contributed by atoms with Gasteiger partial charge in [0.1, 0.15) is 23.4 Å². The van der Waals surface area contributed by atoms with E-state index in [9.17, 15) is 13.6 Å². The van der Waals surface area contributed by atoms with Gasteiger partial charge in [-0.15, -0.1) is 0 Å². The minimum Gasteiger partial charge on any atom is -0.480 e. The number of carboxylic acids is 1. The van der Waals surface area contributed by atoms with Crippen molar-refractivity contribution in [3.63, 3.8) is 0 Å². The molecular weight excluding hydrogens is 234 g/mol. The summed E-state index contributed by atoms with van der Waals surface area (Å²) in [6, 6.07) is 0.519. The van der Waals surface area contributed by atoms with Crippen molar-refractivity contribution in [1.82, 2.24) is 0 Å². The van der Waals surface area contributed by atoms with Gasteiger partial charge >= 0.3 is 5.97 Å². The number of hydrogen-bond acceptors (Lipinski definition) is 3. The number of nitrogens with zero attached hydrogens (tertiary/aromatic N) is 3. The number of benzene rings is 1. The zero-order valence-electron chi connectivity index (χ0n) is 8.47. The van der Waals surface area contributed by atoms with Crippen molar-refractivity contribution in [2.75, 3.05) is 0 Å². The SMILES string of the molecule is [N-]=[N+]=Nc1c(F)cc(C[C@H](N)C(=O)O)cc1F. The molecule has 0 saturated carbocycles. The third kappa shape index (κ3) is 3.13. The van der Waals surface area contributed by atoms with E-state index >= 15 is 0 Å². The molecule has 90 valence electrons. The molecule has 0 aliphatic heterocycles. The fraction of sp³-hybridized carbons (Fsp3) is 0.222. The van der Waals surface area contributed by atoms with Gasteiger partial charge in [-0.3, -0.25) is 4.79 Å². The molecular formula is C9H8F2N4O2. The minimum absolute atomic E-state index is 0.0757. The van der Waals surface area contributed by atoms with Crippen LogP contribution in [0, 0.1) is 11.6 Å². The van der Waals surface area contributed by atoms with Crippen molar-refractivity contribution < 1.29 is 18.7 Å². The first-order valence-corrected chi connectivity index (χ1v) is 4.47. The van der Waals surface area contributed by atoms with Crippen molar-refractivity contribution in [3.05, 3.63) is 39.8 Å². The number of hydrogen-bond donors (Lipinski definition) is 2. The van der Waals surface area contributed by atoms with E-state index in [1.807, 2.05) is 0 Å². The van der Waals surface area contributed by atoms with Gasteiger partial charge < -0.3 is 10.8 Å². The van der Waals surface area contributed by atoms with Gasteiger partial charge in [-0.25, -0.2) is 8.78 Å². The lowest BCUT2D eigenvalue weighted by Crippen LogP contribution is -2.32. The fourth-order valence-electron chi connectivity index (χ4n) is 1.22. The number of azide groups is 1. The van der Waals surface area contributed by atoms with Crippen LogP contribution in [0.4, 0.5) is 14.5 Å². The van der Waals surface area contributed by atoms with Crippen molar-refractivity contribution in [2.24, 2.45) is 10.8 Å². The maximum atomic E-state index is 13.3. The second-order valence-corrected chi connectivity index (χ2v) is 3.25. The highest BCUT2D eigenvalue weighted by Crippen LogP contribution is 2.24. The van der Waals surface area contributed by atoms with E-state index in [4.69, 9.17) is 16.4 Å². The van der Waals surface area contributed by atoms with Crippen LogP contribution in [0.5, 0.6) is 0 Å². The molecule has 0 fully saturated rings. The van der Waals surface area contributed by atoms with Gasteiger partial charge in [0.05, 0.1) is 0 Å². The number of carbonyl (C=O) groups is 1. The molecule has 0 saturated heterocycles. The Labute approximate surface area is 94.3 Å². The first-order chi connectivity index (χ1) is 7.95. The second kappa shape index (κ2) is 5.24. The molecule has 0 aliphatic carbocycles. The Bertz CT molecular complexity index is 477.